The Labute approximate surface area is 136 Å². The smallest absolute Gasteiger partial charge is 0.152 e. The first-order valence-electron chi connectivity index (χ1n) is 9.16. The Balaban J connectivity index is 1.40. The van der Waals surface area contributed by atoms with Gasteiger partial charge in [0, 0.05) is 36.3 Å². The monoisotopic (exact) mass is 311 g/mol. The maximum Gasteiger partial charge on any atom is 0.152 e. The van der Waals surface area contributed by atoms with E-state index in [-0.39, 0.29) is 0 Å². The Morgan fingerprint density at radius 1 is 1.26 bits per heavy atom. The molecule has 1 aliphatic heterocycles. The van der Waals surface area contributed by atoms with Crippen LogP contribution >= 0.6 is 0 Å². The van der Waals surface area contributed by atoms with Gasteiger partial charge in [0.2, 0.25) is 0 Å². The summed E-state index contributed by atoms with van der Waals surface area (Å²) in [5.41, 5.74) is 2.81. The van der Waals surface area contributed by atoms with Crippen LogP contribution < -0.4 is 10.6 Å². The van der Waals surface area contributed by atoms with Crippen LogP contribution in [-0.2, 0) is 0 Å². The van der Waals surface area contributed by atoms with Crippen LogP contribution in [0.2, 0.25) is 0 Å². The Kier molecular flexibility index (Phi) is 3.11. The molecule has 5 rings (SSSR count). The Morgan fingerprint density at radius 3 is 3.09 bits per heavy atom. The molecule has 2 aromatic heterocycles. The molecule has 5 nitrogen and oxygen atoms in total. The van der Waals surface area contributed by atoms with Crippen LogP contribution in [-0.4, -0.2) is 33.7 Å². The normalized spacial score (nSPS) is 30.5. The molecule has 122 valence electrons. The molecule has 3 heterocycles. The highest BCUT2D eigenvalue weighted by Crippen LogP contribution is 2.44. The van der Waals surface area contributed by atoms with Crippen molar-refractivity contribution in [2.75, 3.05) is 18.4 Å². The van der Waals surface area contributed by atoms with Crippen molar-refractivity contribution in [2.45, 2.75) is 56.9 Å². The second kappa shape index (κ2) is 5.20. The van der Waals surface area contributed by atoms with E-state index >= 15 is 0 Å². The molecule has 2 aliphatic carbocycles. The summed E-state index contributed by atoms with van der Waals surface area (Å²) >= 11 is 0. The second-order valence-electron chi connectivity index (χ2n) is 7.67. The van der Waals surface area contributed by atoms with Gasteiger partial charge < -0.3 is 10.6 Å². The number of rotatable bonds is 4. The molecule has 2 saturated carbocycles. The first-order chi connectivity index (χ1) is 11.3. The van der Waals surface area contributed by atoms with Crippen molar-refractivity contribution in [3.63, 3.8) is 0 Å². The van der Waals surface area contributed by atoms with Crippen LogP contribution in [0.25, 0.3) is 5.52 Å². The summed E-state index contributed by atoms with van der Waals surface area (Å²) in [4.78, 5) is 4.60. The van der Waals surface area contributed by atoms with Gasteiger partial charge in [0.25, 0.3) is 0 Å². The maximum atomic E-state index is 4.76. The van der Waals surface area contributed by atoms with E-state index in [1.807, 2.05) is 16.9 Å². The zero-order valence-corrected chi connectivity index (χ0v) is 13.6. The van der Waals surface area contributed by atoms with Gasteiger partial charge in [-0.05, 0) is 44.7 Å². The minimum atomic E-state index is 0.436. The summed E-state index contributed by atoms with van der Waals surface area (Å²) in [6.45, 7) is 2.20. The van der Waals surface area contributed by atoms with Crippen molar-refractivity contribution in [2.24, 2.45) is 5.41 Å². The summed E-state index contributed by atoms with van der Waals surface area (Å²) in [6.07, 6.45) is 13.1. The van der Waals surface area contributed by atoms with Crippen molar-refractivity contribution in [3.05, 3.63) is 24.2 Å². The third-order valence-corrected chi connectivity index (χ3v) is 6.46. The van der Waals surface area contributed by atoms with E-state index in [1.54, 1.807) is 0 Å². The van der Waals surface area contributed by atoms with Gasteiger partial charge in [-0.15, -0.1) is 0 Å². The minimum absolute atomic E-state index is 0.436. The molecule has 0 unspecified atom stereocenters. The Morgan fingerprint density at radius 2 is 2.22 bits per heavy atom. The quantitative estimate of drug-likeness (QED) is 0.911. The zero-order valence-electron chi connectivity index (χ0n) is 13.6. The van der Waals surface area contributed by atoms with Crippen molar-refractivity contribution in [3.8, 4) is 0 Å². The van der Waals surface area contributed by atoms with E-state index in [2.05, 4.69) is 21.7 Å². The van der Waals surface area contributed by atoms with Gasteiger partial charge in [0.1, 0.15) is 5.52 Å². The van der Waals surface area contributed by atoms with Gasteiger partial charge in [-0.2, -0.15) is 5.10 Å². The fourth-order valence-electron chi connectivity index (χ4n) is 4.79. The first-order valence-corrected chi connectivity index (χ1v) is 9.16. The lowest BCUT2D eigenvalue weighted by atomic mass is 9.82. The Hall–Kier alpha value is -1.62. The lowest BCUT2D eigenvalue weighted by Crippen LogP contribution is -2.37. The van der Waals surface area contributed by atoms with Crippen LogP contribution in [0.5, 0.6) is 0 Å². The number of nitrogens with zero attached hydrogens (tertiary/aromatic N) is 3. The van der Waals surface area contributed by atoms with Crippen molar-refractivity contribution in [1.82, 2.24) is 19.9 Å². The highest BCUT2D eigenvalue weighted by molar-refractivity contribution is 5.68. The van der Waals surface area contributed by atoms with Gasteiger partial charge in [-0.25, -0.2) is 9.50 Å². The highest BCUT2D eigenvalue weighted by Gasteiger charge is 2.45. The van der Waals surface area contributed by atoms with Crippen LogP contribution in [0.15, 0.2) is 18.5 Å². The predicted molar refractivity (Wildman–Crippen MR) is 90.8 cm³/mol. The number of hydrogen-bond donors (Lipinski definition) is 2. The molecule has 5 heteroatoms. The Bertz CT molecular complexity index is 707. The number of nitrogens with one attached hydrogen (secondary N) is 2. The van der Waals surface area contributed by atoms with Crippen LogP contribution in [0.3, 0.4) is 0 Å². The first kappa shape index (κ1) is 13.8. The molecule has 1 saturated heterocycles. The number of fused-ring (bicyclic) bond motifs is 2. The summed E-state index contributed by atoms with van der Waals surface area (Å²) in [5, 5.41) is 12.1. The molecule has 0 amide bonds. The zero-order chi connectivity index (χ0) is 15.3. The average molecular weight is 311 g/mol. The highest BCUT2D eigenvalue weighted by atomic mass is 15.2. The van der Waals surface area contributed by atoms with Crippen LogP contribution in [0, 0.1) is 5.41 Å². The molecular formula is C18H25N5. The van der Waals surface area contributed by atoms with Gasteiger partial charge in [0.15, 0.2) is 5.82 Å². The fraction of sp³-hybridized carbons (Fsp3) is 0.667. The summed E-state index contributed by atoms with van der Waals surface area (Å²) in [6, 6.07) is 2.95. The molecule has 2 atom stereocenters. The molecule has 0 aromatic carbocycles. The van der Waals surface area contributed by atoms with E-state index in [0.29, 0.717) is 17.4 Å². The predicted octanol–water partition coefficient (Wildman–Crippen LogP) is 2.94. The van der Waals surface area contributed by atoms with E-state index in [4.69, 9.17) is 5.10 Å². The van der Waals surface area contributed by atoms with E-state index in [9.17, 15) is 0 Å². The molecule has 3 fully saturated rings. The molecule has 3 aliphatic rings. The molecule has 2 N–H and O–H groups in total. The van der Waals surface area contributed by atoms with E-state index < -0.39 is 0 Å². The third-order valence-electron chi connectivity index (χ3n) is 6.46. The van der Waals surface area contributed by atoms with Gasteiger partial charge in [-0.1, -0.05) is 12.8 Å². The molecular weight excluding hydrogens is 286 g/mol. The summed E-state index contributed by atoms with van der Waals surface area (Å²) < 4.78 is 2.00. The molecule has 0 bridgehead atoms. The van der Waals surface area contributed by atoms with Gasteiger partial charge >= 0.3 is 0 Å². The van der Waals surface area contributed by atoms with Crippen molar-refractivity contribution in [1.29, 1.82) is 0 Å². The van der Waals surface area contributed by atoms with Crippen molar-refractivity contribution >= 4 is 11.3 Å². The number of hydrogen-bond acceptors (Lipinski definition) is 4. The lowest BCUT2D eigenvalue weighted by Gasteiger charge is -2.29. The topological polar surface area (TPSA) is 54.2 Å². The van der Waals surface area contributed by atoms with E-state index in [1.165, 1.54) is 57.2 Å². The van der Waals surface area contributed by atoms with Gasteiger partial charge in [0.05, 0.1) is 5.69 Å². The molecule has 2 aromatic rings. The lowest BCUT2D eigenvalue weighted by molar-refractivity contribution is 0.308. The second-order valence-corrected chi connectivity index (χ2v) is 7.67. The summed E-state index contributed by atoms with van der Waals surface area (Å²) in [5.74, 6) is 1.66. The largest absolute Gasteiger partial charge is 0.368 e. The van der Waals surface area contributed by atoms with E-state index in [0.717, 1.165) is 17.9 Å². The third kappa shape index (κ3) is 2.17. The minimum Gasteiger partial charge on any atom is -0.368 e. The van der Waals surface area contributed by atoms with Gasteiger partial charge in [-0.3, -0.25) is 0 Å². The average Bonchev–Trinajstić information content (AvgIpc) is 3.15. The fourth-order valence-corrected chi connectivity index (χ4v) is 4.79. The number of anilines is 1. The van der Waals surface area contributed by atoms with Crippen molar-refractivity contribution < 1.29 is 0 Å². The van der Waals surface area contributed by atoms with Crippen LogP contribution in [0.1, 0.15) is 56.6 Å². The molecule has 0 radical (unpaired) electrons. The van der Waals surface area contributed by atoms with Crippen LogP contribution in [0.4, 0.5) is 5.82 Å². The summed E-state index contributed by atoms with van der Waals surface area (Å²) in [7, 11) is 0. The molecule has 23 heavy (non-hydrogen) atoms. The SMILES string of the molecule is c1cn2nc(C3CCC3)cc2c(NC[C@]23CCC[C@H]2NCC3)n1. The maximum absolute atomic E-state index is 4.76. The number of aromatic nitrogens is 3. The standard InChI is InChI=1S/C18H25N5/c1-3-13(4-1)14-11-15-17(20-9-10-23(15)22-14)21-12-18-6-2-5-16(18)19-8-7-18/h9-11,13,16,19H,1-8,12H2,(H,20,21)/t16-,18-/m1/s1. The molecule has 0 spiro atoms.